The minimum atomic E-state index is 0.712. The first kappa shape index (κ1) is 19.9. The Bertz CT molecular complexity index is 1380. The van der Waals surface area contributed by atoms with Crippen molar-refractivity contribution in [3.63, 3.8) is 0 Å². The predicted octanol–water partition coefficient (Wildman–Crippen LogP) is 5.98. The number of benzene rings is 2. The first-order chi connectivity index (χ1) is 15.6. The molecule has 2 aromatic carbocycles. The average molecular weight is 425 g/mol. The SMILES string of the molecule is COc1cccc(OC)c1-n1cc(-c2ccccc2)c2ncc(-c3c(C)noc3C)cc21. The van der Waals surface area contributed by atoms with Crippen molar-refractivity contribution in [2.75, 3.05) is 14.2 Å². The normalized spacial score (nSPS) is 11.1. The highest BCUT2D eigenvalue weighted by molar-refractivity contribution is 5.96. The van der Waals surface area contributed by atoms with Crippen LogP contribution in [0.3, 0.4) is 0 Å². The molecule has 32 heavy (non-hydrogen) atoms. The summed E-state index contributed by atoms with van der Waals surface area (Å²) < 4.78 is 18.9. The van der Waals surface area contributed by atoms with Crippen molar-refractivity contribution in [2.24, 2.45) is 0 Å². The van der Waals surface area contributed by atoms with Crippen LogP contribution in [0, 0.1) is 13.8 Å². The first-order valence-electron chi connectivity index (χ1n) is 10.3. The van der Waals surface area contributed by atoms with E-state index in [0.717, 1.165) is 50.4 Å². The van der Waals surface area contributed by atoms with Crippen LogP contribution in [0.15, 0.2) is 71.5 Å². The van der Waals surface area contributed by atoms with Gasteiger partial charge in [-0.05, 0) is 37.6 Å². The molecule has 6 nitrogen and oxygen atoms in total. The molecule has 5 aromatic rings. The maximum atomic E-state index is 5.70. The highest BCUT2D eigenvalue weighted by Gasteiger charge is 2.21. The molecular weight excluding hydrogens is 402 g/mol. The van der Waals surface area contributed by atoms with Crippen LogP contribution in [0.2, 0.25) is 0 Å². The number of methoxy groups -OCH3 is 2. The minimum Gasteiger partial charge on any atom is -0.494 e. The number of hydrogen-bond donors (Lipinski definition) is 0. The van der Waals surface area contributed by atoms with Gasteiger partial charge in [-0.2, -0.15) is 0 Å². The lowest BCUT2D eigenvalue weighted by atomic mass is 10.0. The summed E-state index contributed by atoms with van der Waals surface area (Å²) in [5.41, 5.74) is 7.50. The molecule has 0 radical (unpaired) electrons. The summed E-state index contributed by atoms with van der Waals surface area (Å²) in [7, 11) is 3.32. The van der Waals surface area contributed by atoms with E-state index >= 15 is 0 Å². The number of aromatic nitrogens is 3. The molecule has 0 aliphatic rings. The number of hydrogen-bond acceptors (Lipinski definition) is 5. The van der Waals surface area contributed by atoms with E-state index < -0.39 is 0 Å². The van der Waals surface area contributed by atoms with Gasteiger partial charge in [-0.3, -0.25) is 4.98 Å². The Morgan fingerprint density at radius 2 is 1.59 bits per heavy atom. The number of pyridine rings is 1. The second kappa shape index (κ2) is 7.89. The van der Waals surface area contributed by atoms with Gasteiger partial charge in [0.15, 0.2) is 0 Å². The van der Waals surface area contributed by atoms with Gasteiger partial charge in [-0.1, -0.05) is 41.6 Å². The summed E-state index contributed by atoms with van der Waals surface area (Å²) in [4.78, 5) is 4.88. The van der Waals surface area contributed by atoms with Crippen LogP contribution < -0.4 is 9.47 Å². The monoisotopic (exact) mass is 425 g/mol. The van der Waals surface area contributed by atoms with Gasteiger partial charge in [0.25, 0.3) is 0 Å². The Balaban J connectivity index is 1.86. The number of nitrogens with zero attached hydrogens (tertiary/aromatic N) is 3. The van der Waals surface area contributed by atoms with Crippen LogP contribution in [0.5, 0.6) is 11.5 Å². The first-order valence-corrected chi connectivity index (χ1v) is 10.3. The number of ether oxygens (including phenoxy) is 2. The fourth-order valence-corrected chi connectivity index (χ4v) is 4.22. The Morgan fingerprint density at radius 1 is 0.875 bits per heavy atom. The van der Waals surface area contributed by atoms with Crippen molar-refractivity contribution in [3.8, 4) is 39.4 Å². The molecule has 0 aliphatic carbocycles. The van der Waals surface area contributed by atoms with E-state index in [-0.39, 0.29) is 0 Å². The summed E-state index contributed by atoms with van der Waals surface area (Å²) in [5.74, 6) is 2.19. The third kappa shape index (κ3) is 3.12. The highest BCUT2D eigenvalue weighted by Crippen LogP contribution is 2.40. The van der Waals surface area contributed by atoms with Gasteiger partial charge < -0.3 is 18.6 Å². The van der Waals surface area contributed by atoms with Crippen LogP contribution in [-0.2, 0) is 0 Å². The smallest absolute Gasteiger partial charge is 0.146 e. The Labute approximate surface area is 186 Å². The maximum absolute atomic E-state index is 5.70. The van der Waals surface area contributed by atoms with Crippen LogP contribution in [0.1, 0.15) is 11.5 Å². The van der Waals surface area contributed by atoms with Crippen LogP contribution in [-0.4, -0.2) is 28.9 Å². The third-order valence-corrected chi connectivity index (χ3v) is 5.69. The number of aryl methyl sites for hydroxylation is 2. The Hall–Kier alpha value is -4.06. The van der Waals surface area contributed by atoms with Crippen LogP contribution >= 0.6 is 0 Å². The molecular formula is C26H23N3O3. The lowest BCUT2D eigenvalue weighted by Gasteiger charge is -2.15. The van der Waals surface area contributed by atoms with Crippen molar-refractivity contribution in [1.82, 2.24) is 14.7 Å². The summed E-state index contributed by atoms with van der Waals surface area (Å²) in [6, 6.07) is 18.1. The molecule has 0 unspecified atom stereocenters. The van der Waals surface area contributed by atoms with E-state index in [2.05, 4.69) is 34.1 Å². The molecule has 3 aromatic heterocycles. The van der Waals surface area contributed by atoms with E-state index in [1.54, 1.807) is 14.2 Å². The molecule has 0 saturated heterocycles. The van der Waals surface area contributed by atoms with E-state index in [1.807, 2.05) is 56.4 Å². The zero-order valence-corrected chi connectivity index (χ0v) is 18.4. The third-order valence-electron chi connectivity index (χ3n) is 5.69. The summed E-state index contributed by atoms with van der Waals surface area (Å²) >= 11 is 0. The van der Waals surface area contributed by atoms with Gasteiger partial charge in [-0.15, -0.1) is 0 Å². The average Bonchev–Trinajstić information content (AvgIpc) is 3.37. The molecule has 0 spiro atoms. The van der Waals surface area contributed by atoms with Crippen molar-refractivity contribution >= 4 is 11.0 Å². The molecule has 0 bridgehead atoms. The molecule has 160 valence electrons. The standard InChI is InChI=1S/C26H23N3O3/c1-16-24(17(2)32-28-16)19-13-21-25(27-14-19)20(18-9-6-5-7-10-18)15-29(21)26-22(30-3)11-8-12-23(26)31-4/h5-15H,1-4H3. The summed E-state index contributed by atoms with van der Waals surface area (Å²) in [5, 5.41) is 4.11. The van der Waals surface area contributed by atoms with Gasteiger partial charge >= 0.3 is 0 Å². The highest BCUT2D eigenvalue weighted by atomic mass is 16.5. The van der Waals surface area contributed by atoms with Crippen LogP contribution in [0.25, 0.3) is 39.0 Å². The molecule has 3 heterocycles. The lowest BCUT2D eigenvalue weighted by molar-refractivity contribution is 0.391. The molecule has 6 heteroatoms. The topological polar surface area (TPSA) is 62.3 Å². The Kier molecular flexibility index (Phi) is 4.90. The van der Waals surface area contributed by atoms with Crippen molar-refractivity contribution in [2.45, 2.75) is 13.8 Å². The fraction of sp³-hybridized carbons (Fsp3) is 0.154. The lowest BCUT2D eigenvalue weighted by Crippen LogP contribution is -2.00. The predicted molar refractivity (Wildman–Crippen MR) is 125 cm³/mol. The molecule has 0 atom stereocenters. The molecule has 5 rings (SSSR count). The Morgan fingerprint density at radius 3 is 2.22 bits per heavy atom. The van der Waals surface area contributed by atoms with Gasteiger partial charge in [0.05, 0.1) is 30.9 Å². The quantitative estimate of drug-likeness (QED) is 0.347. The van der Waals surface area contributed by atoms with Crippen LogP contribution in [0.4, 0.5) is 0 Å². The molecule has 0 saturated carbocycles. The zero-order chi connectivity index (χ0) is 22.2. The molecule has 0 fully saturated rings. The van der Waals surface area contributed by atoms with Gasteiger partial charge in [0.2, 0.25) is 0 Å². The van der Waals surface area contributed by atoms with E-state index in [4.69, 9.17) is 19.0 Å². The van der Waals surface area contributed by atoms with E-state index in [0.29, 0.717) is 11.5 Å². The number of para-hydroxylation sites is 1. The van der Waals surface area contributed by atoms with Gasteiger partial charge in [0.1, 0.15) is 22.9 Å². The largest absolute Gasteiger partial charge is 0.494 e. The minimum absolute atomic E-state index is 0.712. The van der Waals surface area contributed by atoms with Crippen molar-refractivity contribution in [3.05, 3.63) is 78.4 Å². The summed E-state index contributed by atoms with van der Waals surface area (Å²) in [6.45, 7) is 3.85. The summed E-state index contributed by atoms with van der Waals surface area (Å²) in [6.07, 6.45) is 3.97. The molecule has 0 aliphatic heterocycles. The zero-order valence-electron chi connectivity index (χ0n) is 18.4. The van der Waals surface area contributed by atoms with E-state index in [1.165, 1.54) is 0 Å². The fourth-order valence-electron chi connectivity index (χ4n) is 4.22. The van der Waals surface area contributed by atoms with Gasteiger partial charge in [-0.25, -0.2) is 0 Å². The molecule has 0 N–H and O–H groups in total. The second-order valence-corrected chi connectivity index (χ2v) is 7.58. The maximum Gasteiger partial charge on any atom is 0.146 e. The van der Waals surface area contributed by atoms with Crippen molar-refractivity contribution in [1.29, 1.82) is 0 Å². The molecule has 0 amide bonds. The number of rotatable bonds is 5. The van der Waals surface area contributed by atoms with Gasteiger partial charge in [0, 0.05) is 29.1 Å². The number of fused-ring (bicyclic) bond motifs is 1. The van der Waals surface area contributed by atoms with Crippen molar-refractivity contribution < 1.29 is 14.0 Å². The second-order valence-electron chi connectivity index (χ2n) is 7.58. The van der Waals surface area contributed by atoms with E-state index in [9.17, 15) is 0 Å².